The average Bonchev–Trinajstić information content (AvgIpc) is 3.04. The molecule has 5 heteroatoms. The third-order valence-electron chi connectivity index (χ3n) is 3.30. The van der Waals surface area contributed by atoms with Crippen LogP contribution in [0.4, 0.5) is 0 Å². The van der Waals surface area contributed by atoms with Crippen molar-refractivity contribution in [2.24, 2.45) is 5.73 Å². The topological polar surface area (TPSA) is 68.9 Å². The molecular formula is C17H15N3OS. The molecule has 2 aromatic heterocycles. The van der Waals surface area contributed by atoms with Gasteiger partial charge in [-0.1, -0.05) is 18.2 Å². The van der Waals surface area contributed by atoms with Gasteiger partial charge in [-0.3, -0.25) is 9.78 Å². The predicted molar refractivity (Wildman–Crippen MR) is 88.5 cm³/mol. The number of rotatable bonds is 5. The average molecular weight is 309 g/mol. The fraction of sp³-hybridized carbons (Fsp3) is 0.118. The lowest BCUT2D eigenvalue weighted by Gasteiger charge is -2.03. The molecule has 1 aromatic carbocycles. The summed E-state index contributed by atoms with van der Waals surface area (Å²) in [5, 5.41) is 2.78. The lowest BCUT2D eigenvalue weighted by Crippen LogP contribution is -2.15. The first kappa shape index (κ1) is 14.6. The van der Waals surface area contributed by atoms with Crippen LogP contribution in [0.5, 0.6) is 0 Å². The molecule has 0 spiro atoms. The van der Waals surface area contributed by atoms with Crippen LogP contribution >= 0.6 is 11.3 Å². The summed E-state index contributed by atoms with van der Waals surface area (Å²) in [4.78, 5) is 20.0. The van der Waals surface area contributed by atoms with E-state index in [1.807, 2.05) is 29.6 Å². The minimum Gasteiger partial charge on any atom is -0.324 e. The highest BCUT2D eigenvalue weighted by Crippen LogP contribution is 2.27. The predicted octanol–water partition coefficient (Wildman–Crippen LogP) is 2.94. The van der Waals surface area contributed by atoms with Gasteiger partial charge in [-0.25, -0.2) is 4.98 Å². The van der Waals surface area contributed by atoms with Crippen molar-refractivity contribution in [3.8, 4) is 22.4 Å². The Kier molecular flexibility index (Phi) is 4.37. The van der Waals surface area contributed by atoms with Gasteiger partial charge in [0.2, 0.25) is 0 Å². The molecule has 3 rings (SSSR count). The number of benzene rings is 1. The van der Waals surface area contributed by atoms with Gasteiger partial charge >= 0.3 is 0 Å². The summed E-state index contributed by atoms with van der Waals surface area (Å²) in [7, 11) is 0. The lowest BCUT2D eigenvalue weighted by molar-refractivity contribution is -0.117. The number of nitrogens with zero attached hydrogens (tertiary/aromatic N) is 2. The third kappa shape index (κ3) is 3.27. The number of carbonyl (C=O) groups excluding carboxylic acids is 1. The minimum atomic E-state index is 0.00596. The Morgan fingerprint density at radius 3 is 2.64 bits per heavy atom. The van der Waals surface area contributed by atoms with Crippen molar-refractivity contribution in [3.63, 3.8) is 0 Å². The molecule has 0 aliphatic carbocycles. The first-order valence-corrected chi connectivity index (χ1v) is 7.81. The Bertz CT molecular complexity index is 783. The monoisotopic (exact) mass is 309 g/mol. The van der Waals surface area contributed by atoms with Gasteiger partial charge in [0.25, 0.3) is 0 Å². The number of ketones is 1. The standard InChI is InChI=1S/C17H15N3OS/c18-10-15(21)9-17-20-16(11-22-17)14-3-1-2-13(8-14)12-4-6-19-7-5-12/h1-8,11H,9-10,18H2. The molecule has 0 aliphatic heterocycles. The molecule has 0 fully saturated rings. The van der Waals surface area contributed by atoms with Crippen molar-refractivity contribution in [1.29, 1.82) is 0 Å². The van der Waals surface area contributed by atoms with E-state index in [2.05, 4.69) is 22.1 Å². The van der Waals surface area contributed by atoms with E-state index in [1.165, 1.54) is 11.3 Å². The molecule has 0 bridgehead atoms. The van der Waals surface area contributed by atoms with Crippen LogP contribution in [0.2, 0.25) is 0 Å². The van der Waals surface area contributed by atoms with Crippen LogP contribution in [0, 0.1) is 0 Å². The van der Waals surface area contributed by atoms with Crippen LogP contribution in [-0.4, -0.2) is 22.3 Å². The second-order valence-corrected chi connectivity index (χ2v) is 5.81. The Morgan fingerprint density at radius 1 is 1.09 bits per heavy atom. The normalized spacial score (nSPS) is 10.6. The summed E-state index contributed by atoms with van der Waals surface area (Å²) in [6, 6.07) is 12.1. The van der Waals surface area contributed by atoms with Crippen LogP contribution in [-0.2, 0) is 11.2 Å². The van der Waals surface area contributed by atoms with E-state index >= 15 is 0 Å². The second kappa shape index (κ2) is 6.60. The summed E-state index contributed by atoms with van der Waals surface area (Å²) in [6.07, 6.45) is 3.87. The van der Waals surface area contributed by atoms with E-state index in [-0.39, 0.29) is 12.3 Å². The van der Waals surface area contributed by atoms with E-state index in [0.717, 1.165) is 27.4 Å². The van der Waals surface area contributed by atoms with E-state index in [4.69, 9.17) is 5.73 Å². The molecular weight excluding hydrogens is 294 g/mol. The highest BCUT2D eigenvalue weighted by Gasteiger charge is 2.09. The highest BCUT2D eigenvalue weighted by atomic mass is 32.1. The van der Waals surface area contributed by atoms with Crippen LogP contribution in [0.3, 0.4) is 0 Å². The Morgan fingerprint density at radius 2 is 1.86 bits per heavy atom. The maximum absolute atomic E-state index is 11.4. The van der Waals surface area contributed by atoms with Crippen LogP contribution in [0.25, 0.3) is 22.4 Å². The number of Topliss-reactive ketones (excluding diaryl/α,β-unsaturated/α-hetero) is 1. The quantitative estimate of drug-likeness (QED) is 0.786. The van der Waals surface area contributed by atoms with Gasteiger partial charge in [-0.2, -0.15) is 0 Å². The van der Waals surface area contributed by atoms with Gasteiger partial charge in [0.05, 0.1) is 18.7 Å². The molecule has 2 N–H and O–H groups in total. The molecule has 0 unspecified atom stereocenters. The largest absolute Gasteiger partial charge is 0.324 e. The van der Waals surface area contributed by atoms with Gasteiger partial charge in [0.1, 0.15) is 5.01 Å². The van der Waals surface area contributed by atoms with Gasteiger partial charge < -0.3 is 5.73 Å². The number of carbonyl (C=O) groups is 1. The molecule has 4 nitrogen and oxygen atoms in total. The molecule has 0 saturated heterocycles. The summed E-state index contributed by atoms with van der Waals surface area (Å²) < 4.78 is 0. The number of aromatic nitrogens is 2. The van der Waals surface area contributed by atoms with Gasteiger partial charge in [-0.15, -0.1) is 11.3 Å². The summed E-state index contributed by atoms with van der Waals surface area (Å²) in [5.41, 5.74) is 9.51. The molecule has 22 heavy (non-hydrogen) atoms. The number of thiazole rings is 1. The molecule has 110 valence electrons. The Balaban J connectivity index is 1.88. The maximum atomic E-state index is 11.4. The van der Waals surface area contributed by atoms with E-state index < -0.39 is 0 Å². The van der Waals surface area contributed by atoms with Crippen molar-refractivity contribution in [3.05, 3.63) is 59.2 Å². The summed E-state index contributed by atoms with van der Waals surface area (Å²) in [6.45, 7) is 0.0619. The molecule has 0 atom stereocenters. The maximum Gasteiger partial charge on any atom is 0.153 e. The Labute approximate surface area is 132 Å². The zero-order valence-electron chi connectivity index (χ0n) is 11.9. The van der Waals surface area contributed by atoms with Crippen LogP contribution < -0.4 is 5.73 Å². The second-order valence-electron chi connectivity index (χ2n) is 4.86. The SMILES string of the molecule is NCC(=O)Cc1nc(-c2cccc(-c3ccncc3)c2)cs1. The minimum absolute atomic E-state index is 0.00596. The van der Waals surface area contributed by atoms with Gasteiger partial charge in [0, 0.05) is 23.3 Å². The molecule has 2 heterocycles. The third-order valence-corrected chi connectivity index (χ3v) is 4.15. The van der Waals surface area contributed by atoms with E-state index in [0.29, 0.717) is 6.42 Å². The number of hydrogen-bond donors (Lipinski definition) is 1. The van der Waals surface area contributed by atoms with Crippen molar-refractivity contribution in [2.75, 3.05) is 6.54 Å². The van der Waals surface area contributed by atoms with Crippen molar-refractivity contribution < 1.29 is 4.79 Å². The van der Waals surface area contributed by atoms with Gasteiger partial charge in [-0.05, 0) is 29.3 Å². The number of nitrogens with two attached hydrogens (primary N) is 1. The molecule has 0 radical (unpaired) electrons. The van der Waals surface area contributed by atoms with Crippen molar-refractivity contribution in [1.82, 2.24) is 9.97 Å². The first-order chi connectivity index (χ1) is 10.8. The van der Waals surface area contributed by atoms with Crippen LogP contribution in [0.15, 0.2) is 54.2 Å². The zero-order chi connectivity index (χ0) is 15.4. The lowest BCUT2D eigenvalue weighted by atomic mass is 10.0. The zero-order valence-corrected chi connectivity index (χ0v) is 12.7. The van der Waals surface area contributed by atoms with E-state index in [1.54, 1.807) is 12.4 Å². The molecule has 0 amide bonds. The fourth-order valence-electron chi connectivity index (χ4n) is 2.17. The highest BCUT2D eigenvalue weighted by molar-refractivity contribution is 7.10. The Hall–Kier alpha value is -2.37. The van der Waals surface area contributed by atoms with Crippen molar-refractivity contribution >= 4 is 17.1 Å². The number of pyridine rings is 1. The number of hydrogen-bond acceptors (Lipinski definition) is 5. The fourth-order valence-corrected chi connectivity index (χ4v) is 3.00. The van der Waals surface area contributed by atoms with Crippen molar-refractivity contribution in [2.45, 2.75) is 6.42 Å². The van der Waals surface area contributed by atoms with E-state index in [9.17, 15) is 4.79 Å². The van der Waals surface area contributed by atoms with Gasteiger partial charge in [0.15, 0.2) is 5.78 Å². The summed E-state index contributed by atoms with van der Waals surface area (Å²) in [5.74, 6) is 0.00596. The molecule has 3 aromatic rings. The van der Waals surface area contributed by atoms with Crippen LogP contribution in [0.1, 0.15) is 5.01 Å². The first-order valence-electron chi connectivity index (χ1n) is 6.93. The summed E-state index contributed by atoms with van der Waals surface area (Å²) >= 11 is 1.49. The molecule has 0 saturated carbocycles. The smallest absolute Gasteiger partial charge is 0.153 e. The molecule has 0 aliphatic rings.